The van der Waals surface area contributed by atoms with Crippen molar-refractivity contribution in [1.29, 1.82) is 0 Å². The van der Waals surface area contributed by atoms with E-state index in [9.17, 15) is 13.6 Å². The third kappa shape index (κ3) is 2.17. The van der Waals surface area contributed by atoms with Crippen LogP contribution in [0.4, 0.5) is 8.78 Å². The molecule has 92 valence electrons. The molecule has 3 atom stereocenters. The highest BCUT2D eigenvalue weighted by Gasteiger charge is 2.51. The van der Waals surface area contributed by atoms with E-state index in [1.54, 1.807) is 0 Å². The number of likely N-dealkylation sites (tertiary alicyclic amines) is 1. The Balaban J connectivity index is 1.86. The minimum absolute atomic E-state index is 0.0811. The molecule has 2 saturated heterocycles. The van der Waals surface area contributed by atoms with E-state index in [2.05, 4.69) is 4.74 Å². The van der Waals surface area contributed by atoms with Gasteiger partial charge in [0, 0.05) is 25.7 Å². The van der Waals surface area contributed by atoms with Gasteiger partial charge in [-0.1, -0.05) is 6.92 Å². The van der Waals surface area contributed by atoms with Crippen LogP contribution in [0.1, 0.15) is 13.3 Å². The van der Waals surface area contributed by atoms with Crippen LogP contribution in [0.2, 0.25) is 0 Å². The van der Waals surface area contributed by atoms with Crippen molar-refractivity contribution in [2.45, 2.75) is 31.4 Å². The largest absolute Gasteiger partial charge is 0.456 e. The lowest BCUT2D eigenvalue weighted by atomic mass is 10.1. The summed E-state index contributed by atoms with van der Waals surface area (Å²) >= 11 is 0. The molecule has 2 N–H and O–H groups in total. The van der Waals surface area contributed by atoms with Gasteiger partial charge in [0.1, 0.15) is 6.10 Å². The minimum atomic E-state index is -3.31. The number of rotatable bonds is 2. The number of nitrogens with two attached hydrogens (primary N) is 1. The summed E-state index contributed by atoms with van der Waals surface area (Å²) in [6.07, 6.45) is -1.20. The fraction of sp³-hybridized carbons (Fsp3) is 0.900. The minimum Gasteiger partial charge on any atom is -0.456 e. The van der Waals surface area contributed by atoms with Crippen molar-refractivity contribution in [3.63, 3.8) is 0 Å². The molecule has 6 heteroatoms. The lowest BCUT2D eigenvalue weighted by Gasteiger charge is -2.18. The van der Waals surface area contributed by atoms with Gasteiger partial charge in [-0.15, -0.1) is 0 Å². The Morgan fingerprint density at radius 1 is 1.56 bits per heavy atom. The van der Waals surface area contributed by atoms with Crippen molar-refractivity contribution in [3.8, 4) is 0 Å². The Morgan fingerprint density at radius 2 is 2.25 bits per heavy atom. The molecular formula is C10H16F2N2O2. The normalized spacial score (nSPS) is 39.0. The number of esters is 1. The van der Waals surface area contributed by atoms with E-state index in [0.29, 0.717) is 19.0 Å². The van der Waals surface area contributed by atoms with E-state index >= 15 is 0 Å². The maximum atomic E-state index is 12.9. The maximum Gasteiger partial charge on any atom is 0.377 e. The number of alkyl halides is 2. The van der Waals surface area contributed by atoms with Crippen molar-refractivity contribution >= 4 is 5.97 Å². The van der Waals surface area contributed by atoms with Gasteiger partial charge in [-0.25, -0.2) is 4.79 Å². The van der Waals surface area contributed by atoms with Crippen LogP contribution in [0, 0.1) is 5.92 Å². The smallest absolute Gasteiger partial charge is 0.377 e. The van der Waals surface area contributed by atoms with E-state index in [1.165, 1.54) is 0 Å². The summed E-state index contributed by atoms with van der Waals surface area (Å²) in [5.74, 6) is -4.34. The number of carbonyl (C=O) groups excluding carboxylic acids is 1. The van der Waals surface area contributed by atoms with Crippen LogP contribution in [0.25, 0.3) is 0 Å². The molecule has 3 unspecified atom stereocenters. The van der Waals surface area contributed by atoms with Gasteiger partial charge >= 0.3 is 11.9 Å². The molecule has 0 saturated carbocycles. The highest BCUT2D eigenvalue weighted by molar-refractivity contribution is 5.79. The van der Waals surface area contributed by atoms with Crippen molar-refractivity contribution in [1.82, 2.24) is 4.90 Å². The lowest BCUT2D eigenvalue weighted by Crippen LogP contribution is -2.33. The van der Waals surface area contributed by atoms with Crippen LogP contribution in [-0.4, -0.2) is 48.6 Å². The monoisotopic (exact) mass is 234 g/mol. The van der Waals surface area contributed by atoms with Gasteiger partial charge < -0.3 is 10.5 Å². The molecule has 0 aromatic heterocycles. The molecule has 2 aliphatic heterocycles. The molecular weight excluding hydrogens is 218 g/mol. The second-order valence-electron chi connectivity index (χ2n) is 4.80. The van der Waals surface area contributed by atoms with Gasteiger partial charge in [0.2, 0.25) is 0 Å². The number of hydrogen-bond donors (Lipinski definition) is 1. The zero-order valence-electron chi connectivity index (χ0n) is 9.16. The van der Waals surface area contributed by atoms with E-state index in [0.717, 1.165) is 6.54 Å². The third-order valence-electron chi connectivity index (χ3n) is 3.26. The van der Waals surface area contributed by atoms with Gasteiger partial charge in [0.25, 0.3) is 0 Å². The number of halogens is 2. The molecule has 0 radical (unpaired) electrons. The van der Waals surface area contributed by atoms with Crippen LogP contribution >= 0.6 is 0 Å². The maximum absolute atomic E-state index is 12.9. The number of cyclic esters (lactones) is 1. The van der Waals surface area contributed by atoms with Crippen LogP contribution in [0.3, 0.4) is 0 Å². The topological polar surface area (TPSA) is 55.6 Å². The first-order chi connectivity index (χ1) is 7.38. The number of carbonyl (C=O) groups is 1. The number of ether oxygens (including phenoxy) is 1. The first-order valence-corrected chi connectivity index (χ1v) is 5.45. The first kappa shape index (κ1) is 11.7. The van der Waals surface area contributed by atoms with Crippen LogP contribution in [0.5, 0.6) is 0 Å². The van der Waals surface area contributed by atoms with Crippen molar-refractivity contribution < 1.29 is 18.3 Å². The second kappa shape index (κ2) is 3.92. The Morgan fingerprint density at radius 3 is 2.69 bits per heavy atom. The van der Waals surface area contributed by atoms with Crippen molar-refractivity contribution in [3.05, 3.63) is 0 Å². The van der Waals surface area contributed by atoms with Gasteiger partial charge in [0.15, 0.2) is 0 Å². The van der Waals surface area contributed by atoms with Crippen LogP contribution < -0.4 is 5.73 Å². The molecule has 0 aliphatic carbocycles. The zero-order valence-corrected chi connectivity index (χ0v) is 9.16. The third-order valence-corrected chi connectivity index (χ3v) is 3.26. The van der Waals surface area contributed by atoms with Crippen molar-refractivity contribution in [2.24, 2.45) is 11.7 Å². The standard InChI is InChI=1S/C10H16F2N2O2/c1-6-3-14(5-8(6)13)4-7-2-10(11,12)9(15)16-7/h6-8H,2-5,13H2,1H3. The Labute approximate surface area is 92.7 Å². The SMILES string of the molecule is CC1CN(CC2CC(F)(F)C(=O)O2)CC1N. The summed E-state index contributed by atoms with van der Waals surface area (Å²) in [7, 11) is 0. The molecule has 2 heterocycles. The quantitative estimate of drug-likeness (QED) is 0.694. The average Bonchev–Trinajstić information content (AvgIpc) is 2.55. The molecule has 16 heavy (non-hydrogen) atoms. The highest BCUT2D eigenvalue weighted by Crippen LogP contribution is 2.31. The van der Waals surface area contributed by atoms with E-state index in [-0.39, 0.29) is 6.04 Å². The summed E-state index contributed by atoms with van der Waals surface area (Å²) < 4.78 is 30.4. The Hall–Kier alpha value is -0.750. The fourth-order valence-electron chi connectivity index (χ4n) is 2.28. The molecule has 4 nitrogen and oxygen atoms in total. The van der Waals surface area contributed by atoms with E-state index in [4.69, 9.17) is 5.73 Å². The Bertz CT molecular complexity index is 289. The first-order valence-electron chi connectivity index (χ1n) is 5.45. The van der Waals surface area contributed by atoms with Gasteiger partial charge in [0.05, 0.1) is 6.42 Å². The average molecular weight is 234 g/mol. The Kier molecular flexibility index (Phi) is 2.88. The number of hydrogen-bond acceptors (Lipinski definition) is 4. The fourth-order valence-corrected chi connectivity index (χ4v) is 2.28. The molecule has 0 aromatic rings. The van der Waals surface area contributed by atoms with Gasteiger partial charge in [-0.2, -0.15) is 8.78 Å². The summed E-state index contributed by atoms with van der Waals surface area (Å²) in [5.41, 5.74) is 5.83. The molecule has 2 fully saturated rings. The van der Waals surface area contributed by atoms with Gasteiger partial charge in [-0.05, 0) is 5.92 Å². The zero-order chi connectivity index (χ0) is 11.9. The molecule has 0 aromatic carbocycles. The molecule has 2 rings (SSSR count). The van der Waals surface area contributed by atoms with Crippen LogP contribution in [0.15, 0.2) is 0 Å². The summed E-state index contributed by atoms with van der Waals surface area (Å²) in [6, 6.07) is 0.0811. The predicted octanol–water partition coefficient (Wildman–Crippen LogP) is 0.216. The lowest BCUT2D eigenvalue weighted by molar-refractivity contribution is -0.159. The highest BCUT2D eigenvalue weighted by atomic mass is 19.3. The molecule has 2 aliphatic rings. The van der Waals surface area contributed by atoms with Crippen LogP contribution in [-0.2, 0) is 9.53 Å². The summed E-state index contributed by atoms with van der Waals surface area (Å²) in [4.78, 5) is 12.8. The van der Waals surface area contributed by atoms with Crippen molar-refractivity contribution in [2.75, 3.05) is 19.6 Å². The van der Waals surface area contributed by atoms with E-state index < -0.39 is 24.4 Å². The second-order valence-corrected chi connectivity index (χ2v) is 4.80. The molecule has 0 bridgehead atoms. The summed E-state index contributed by atoms with van der Waals surface area (Å²) in [6.45, 7) is 3.85. The molecule has 0 amide bonds. The molecule has 0 spiro atoms. The number of nitrogens with zero attached hydrogens (tertiary/aromatic N) is 1. The summed E-state index contributed by atoms with van der Waals surface area (Å²) in [5, 5.41) is 0. The predicted molar refractivity (Wildman–Crippen MR) is 53.0 cm³/mol. The van der Waals surface area contributed by atoms with E-state index in [1.807, 2.05) is 11.8 Å². The van der Waals surface area contributed by atoms with Gasteiger partial charge in [-0.3, -0.25) is 4.90 Å².